The Labute approximate surface area is 104 Å². The maximum absolute atomic E-state index is 12.4. The van der Waals surface area contributed by atoms with Crippen molar-refractivity contribution >= 4 is 5.69 Å². The van der Waals surface area contributed by atoms with Crippen LogP contribution in [0.4, 0.5) is 14.5 Å². The lowest BCUT2D eigenvalue weighted by Crippen LogP contribution is -2.66. The van der Waals surface area contributed by atoms with Crippen LogP contribution < -0.4 is 9.64 Å². The van der Waals surface area contributed by atoms with E-state index < -0.39 is 6.61 Å². The minimum absolute atomic E-state index is 0.257. The van der Waals surface area contributed by atoms with Gasteiger partial charge in [0.25, 0.3) is 0 Å². The Morgan fingerprint density at radius 2 is 2.06 bits per heavy atom. The van der Waals surface area contributed by atoms with E-state index >= 15 is 0 Å². The van der Waals surface area contributed by atoms with Crippen LogP contribution >= 0.6 is 0 Å². The number of ether oxygens (including phenoxy) is 2. The van der Waals surface area contributed by atoms with Gasteiger partial charge in [0.15, 0.2) is 0 Å². The zero-order valence-electron chi connectivity index (χ0n) is 10.2. The Kier molecular flexibility index (Phi) is 2.66. The highest BCUT2D eigenvalue weighted by atomic mass is 19.3. The van der Waals surface area contributed by atoms with Crippen molar-refractivity contribution in [3.05, 3.63) is 23.8 Å². The first kappa shape index (κ1) is 11.7. The van der Waals surface area contributed by atoms with Gasteiger partial charge in [-0.1, -0.05) is 6.07 Å². The molecule has 0 atom stereocenters. The van der Waals surface area contributed by atoms with E-state index in [1.807, 2.05) is 19.1 Å². The average molecular weight is 255 g/mol. The number of alkyl halides is 2. The van der Waals surface area contributed by atoms with Crippen LogP contribution in [0, 0.1) is 12.3 Å². The molecule has 3 nitrogen and oxygen atoms in total. The van der Waals surface area contributed by atoms with Gasteiger partial charge in [-0.2, -0.15) is 8.78 Å². The van der Waals surface area contributed by atoms with Crippen LogP contribution in [-0.2, 0) is 4.74 Å². The number of hydrogen-bond donors (Lipinski definition) is 0. The second kappa shape index (κ2) is 4.09. The minimum atomic E-state index is -2.78. The molecule has 0 unspecified atom stereocenters. The normalized spacial score (nSPS) is 20.8. The van der Waals surface area contributed by atoms with Gasteiger partial charge in [0.1, 0.15) is 5.75 Å². The second-order valence-electron chi connectivity index (χ2n) is 5.20. The Balaban J connectivity index is 1.78. The van der Waals surface area contributed by atoms with Crippen molar-refractivity contribution in [2.75, 3.05) is 31.2 Å². The lowest BCUT2D eigenvalue weighted by atomic mass is 9.77. The van der Waals surface area contributed by atoms with Crippen LogP contribution in [0.1, 0.15) is 5.56 Å². The van der Waals surface area contributed by atoms with Crippen molar-refractivity contribution in [2.24, 2.45) is 5.41 Å². The third kappa shape index (κ3) is 1.92. The molecule has 1 aromatic rings. The lowest BCUT2D eigenvalue weighted by Gasteiger charge is -2.56. The predicted octanol–water partition coefficient (Wildman–Crippen LogP) is 2.43. The van der Waals surface area contributed by atoms with E-state index in [1.54, 1.807) is 6.07 Å². The molecule has 0 radical (unpaired) electrons. The SMILES string of the molecule is Cc1ccc(N2CC3(COC3)C2)c(OC(F)F)c1. The van der Waals surface area contributed by atoms with Crippen molar-refractivity contribution in [3.63, 3.8) is 0 Å². The summed E-state index contributed by atoms with van der Waals surface area (Å²) >= 11 is 0. The zero-order chi connectivity index (χ0) is 12.8. The predicted molar refractivity (Wildman–Crippen MR) is 63.3 cm³/mol. The standard InChI is InChI=1S/C13H15F2NO2/c1-9-2-3-10(11(4-9)18-12(14)15)16-5-13(6-16)7-17-8-13/h2-4,12H,5-8H2,1H3. The number of anilines is 1. The fourth-order valence-electron chi connectivity index (χ4n) is 2.58. The first-order valence-corrected chi connectivity index (χ1v) is 5.96. The van der Waals surface area contributed by atoms with Gasteiger partial charge in [-0.05, 0) is 24.6 Å². The Hall–Kier alpha value is -1.36. The summed E-state index contributed by atoms with van der Waals surface area (Å²) in [7, 11) is 0. The maximum Gasteiger partial charge on any atom is 0.387 e. The Morgan fingerprint density at radius 1 is 1.33 bits per heavy atom. The van der Waals surface area contributed by atoms with E-state index in [0.717, 1.165) is 37.6 Å². The summed E-state index contributed by atoms with van der Waals surface area (Å²) in [6.07, 6.45) is 0. The van der Waals surface area contributed by atoms with Gasteiger partial charge in [0.05, 0.1) is 24.3 Å². The van der Waals surface area contributed by atoms with Crippen molar-refractivity contribution in [2.45, 2.75) is 13.5 Å². The largest absolute Gasteiger partial charge is 0.433 e. The molecule has 1 spiro atoms. The number of nitrogens with zero attached hydrogens (tertiary/aromatic N) is 1. The molecule has 0 amide bonds. The highest BCUT2D eigenvalue weighted by Crippen LogP contribution is 2.43. The average Bonchev–Trinajstić information content (AvgIpc) is 2.15. The van der Waals surface area contributed by atoms with Gasteiger partial charge in [-0.3, -0.25) is 0 Å². The number of halogens is 2. The van der Waals surface area contributed by atoms with Gasteiger partial charge in [0, 0.05) is 13.1 Å². The molecule has 3 rings (SSSR count). The highest BCUT2D eigenvalue weighted by molar-refractivity contribution is 5.62. The van der Waals surface area contributed by atoms with E-state index in [2.05, 4.69) is 9.64 Å². The number of hydrogen-bond acceptors (Lipinski definition) is 3. The summed E-state index contributed by atoms with van der Waals surface area (Å²) in [6.45, 7) is 2.35. The Bertz CT molecular complexity index is 452. The second-order valence-corrected chi connectivity index (χ2v) is 5.20. The molecular formula is C13H15F2NO2. The molecule has 2 heterocycles. The van der Waals surface area contributed by atoms with Crippen molar-refractivity contribution < 1.29 is 18.3 Å². The molecule has 0 saturated carbocycles. The number of aryl methyl sites for hydroxylation is 1. The van der Waals surface area contributed by atoms with E-state index in [4.69, 9.17) is 4.74 Å². The highest BCUT2D eigenvalue weighted by Gasteiger charge is 2.49. The summed E-state index contributed by atoms with van der Waals surface area (Å²) < 4.78 is 34.6. The van der Waals surface area contributed by atoms with Crippen LogP contribution in [0.25, 0.3) is 0 Å². The van der Waals surface area contributed by atoms with Crippen LogP contribution in [0.15, 0.2) is 18.2 Å². The van der Waals surface area contributed by atoms with Gasteiger partial charge < -0.3 is 14.4 Å². The van der Waals surface area contributed by atoms with Crippen LogP contribution in [0.5, 0.6) is 5.75 Å². The maximum atomic E-state index is 12.4. The summed E-state index contributed by atoms with van der Waals surface area (Å²) in [5.41, 5.74) is 1.92. The van der Waals surface area contributed by atoms with Crippen LogP contribution in [-0.4, -0.2) is 32.9 Å². The van der Waals surface area contributed by atoms with Gasteiger partial charge in [-0.25, -0.2) is 0 Å². The molecule has 0 aliphatic carbocycles. The Morgan fingerprint density at radius 3 is 2.61 bits per heavy atom. The van der Waals surface area contributed by atoms with E-state index in [0.29, 0.717) is 0 Å². The minimum Gasteiger partial charge on any atom is -0.433 e. The smallest absolute Gasteiger partial charge is 0.387 e. The summed E-state index contributed by atoms with van der Waals surface area (Å²) in [4.78, 5) is 2.07. The van der Waals surface area contributed by atoms with Crippen molar-refractivity contribution in [1.82, 2.24) is 0 Å². The fourth-order valence-corrected chi connectivity index (χ4v) is 2.58. The van der Waals surface area contributed by atoms with Crippen LogP contribution in [0.2, 0.25) is 0 Å². The number of rotatable bonds is 3. The third-order valence-corrected chi connectivity index (χ3v) is 3.54. The molecule has 18 heavy (non-hydrogen) atoms. The first-order chi connectivity index (χ1) is 8.58. The topological polar surface area (TPSA) is 21.7 Å². The molecule has 2 fully saturated rings. The van der Waals surface area contributed by atoms with Crippen molar-refractivity contribution in [3.8, 4) is 5.75 Å². The quantitative estimate of drug-likeness (QED) is 0.828. The third-order valence-electron chi connectivity index (χ3n) is 3.54. The van der Waals surface area contributed by atoms with E-state index in [1.165, 1.54) is 0 Å². The van der Waals surface area contributed by atoms with E-state index in [9.17, 15) is 8.78 Å². The molecular weight excluding hydrogens is 240 g/mol. The van der Waals surface area contributed by atoms with Gasteiger partial charge in [-0.15, -0.1) is 0 Å². The lowest BCUT2D eigenvalue weighted by molar-refractivity contribution is -0.127. The van der Waals surface area contributed by atoms with Crippen LogP contribution in [0.3, 0.4) is 0 Å². The van der Waals surface area contributed by atoms with Crippen molar-refractivity contribution in [1.29, 1.82) is 0 Å². The van der Waals surface area contributed by atoms with Gasteiger partial charge >= 0.3 is 6.61 Å². The molecule has 5 heteroatoms. The summed E-state index contributed by atoms with van der Waals surface area (Å²) in [5.74, 6) is 0.264. The molecule has 0 bridgehead atoms. The molecule has 2 aliphatic heterocycles. The molecule has 98 valence electrons. The molecule has 0 N–H and O–H groups in total. The first-order valence-electron chi connectivity index (χ1n) is 5.96. The molecule has 0 aromatic heterocycles. The molecule has 2 saturated heterocycles. The van der Waals surface area contributed by atoms with E-state index in [-0.39, 0.29) is 11.2 Å². The summed E-state index contributed by atoms with van der Waals surface area (Å²) in [5, 5.41) is 0. The molecule has 1 aromatic carbocycles. The fraction of sp³-hybridized carbons (Fsp3) is 0.538. The zero-order valence-corrected chi connectivity index (χ0v) is 10.2. The molecule has 2 aliphatic rings. The van der Waals surface area contributed by atoms with Gasteiger partial charge in [0.2, 0.25) is 0 Å². The number of benzene rings is 1. The monoisotopic (exact) mass is 255 g/mol. The summed E-state index contributed by atoms with van der Waals surface area (Å²) in [6, 6.07) is 5.42.